The molecule has 0 aliphatic carbocycles. The highest BCUT2D eigenvalue weighted by molar-refractivity contribution is 5.73. The average molecular weight is 246 g/mol. The van der Waals surface area contributed by atoms with Gasteiger partial charge >= 0.3 is 0 Å². The smallest absolute Gasteiger partial charge is 0.217 e. The minimum Gasteiger partial charge on any atom is -0.389 e. The molecule has 0 aliphatic rings. The molecule has 1 unspecified atom stereocenters. The van der Waals surface area contributed by atoms with E-state index >= 15 is 0 Å². The molecule has 1 amide bonds. The fourth-order valence-electron chi connectivity index (χ4n) is 1.32. The van der Waals surface area contributed by atoms with Crippen LogP contribution in [-0.4, -0.2) is 43.4 Å². The number of nitrogens with one attached hydrogen (secondary N) is 1. The van der Waals surface area contributed by atoms with Gasteiger partial charge in [0.1, 0.15) is 0 Å². The van der Waals surface area contributed by atoms with E-state index in [0.29, 0.717) is 32.1 Å². The van der Waals surface area contributed by atoms with Gasteiger partial charge < -0.3 is 20.9 Å². The zero-order valence-corrected chi connectivity index (χ0v) is 10.9. The van der Waals surface area contributed by atoms with Gasteiger partial charge in [-0.15, -0.1) is 0 Å². The molecule has 0 saturated heterocycles. The zero-order valence-electron chi connectivity index (χ0n) is 10.9. The summed E-state index contributed by atoms with van der Waals surface area (Å²) in [4.78, 5) is 10.5. The van der Waals surface area contributed by atoms with Crippen LogP contribution in [0.1, 0.15) is 33.1 Å². The third kappa shape index (κ3) is 13.3. The Labute approximate surface area is 104 Å². The Hall–Kier alpha value is -0.650. The van der Waals surface area contributed by atoms with Crippen LogP contribution in [-0.2, 0) is 9.53 Å². The molecule has 1 atom stereocenters. The van der Waals surface area contributed by atoms with Crippen molar-refractivity contribution >= 4 is 5.91 Å². The van der Waals surface area contributed by atoms with Gasteiger partial charge in [-0.2, -0.15) is 0 Å². The molecule has 0 spiro atoms. The van der Waals surface area contributed by atoms with E-state index in [2.05, 4.69) is 19.2 Å². The second-order valence-corrected chi connectivity index (χ2v) is 4.71. The second kappa shape index (κ2) is 10.5. The number of hydrogen-bond donors (Lipinski definition) is 3. The number of amides is 1. The van der Waals surface area contributed by atoms with Crippen LogP contribution in [0.3, 0.4) is 0 Å². The number of hydrogen-bond acceptors (Lipinski definition) is 4. The van der Waals surface area contributed by atoms with Gasteiger partial charge in [0, 0.05) is 19.6 Å². The quantitative estimate of drug-likeness (QED) is 0.457. The van der Waals surface area contributed by atoms with Crippen molar-refractivity contribution in [1.82, 2.24) is 5.32 Å². The summed E-state index contributed by atoms with van der Waals surface area (Å²) in [5.41, 5.74) is 5.02. The van der Waals surface area contributed by atoms with Gasteiger partial charge in [0.25, 0.3) is 0 Å². The second-order valence-electron chi connectivity index (χ2n) is 4.71. The molecule has 0 aliphatic heterocycles. The predicted octanol–water partition coefficient (Wildman–Crippen LogP) is 0.265. The van der Waals surface area contributed by atoms with Gasteiger partial charge in [-0.05, 0) is 25.3 Å². The molecule has 0 bridgehead atoms. The van der Waals surface area contributed by atoms with E-state index in [1.54, 1.807) is 0 Å². The zero-order chi connectivity index (χ0) is 13.1. The highest BCUT2D eigenvalue weighted by Crippen LogP contribution is 1.95. The monoisotopic (exact) mass is 246 g/mol. The lowest BCUT2D eigenvalue weighted by atomic mass is 10.2. The first-order valence-electron chi connectivity index (χ1n) is 6.27. The third-order valence-electron chi connectivity index (χ3n) is 2.17. The standard InChI is InChI=1S/C12H26N2O3/c1-10(2)8-17-9-11(15)7-14-6-4-3-5-12(13)16/h10-11,14-15H,3-9H2,1-2H3,(H2,13,16). The third-order valence-corrected chi connectivity index (χ3v) is 2.17. The Morgan fingerprint density at radius 2 is 2.06 bits per heavy atom. The van der Waals surface area contributed by atoms with E-state index < -0.39 is 6.10 Å². The summed E-state index contributed by atoms with van der Waals surface area (Å²) in [7, 11) is 0. The van der Waals surface area contributed by atoms with E-state index in [9.17, 15) is 9.90 Å². The highest BCUT2D eigenvalue weighted by atomic mass is 16.5. The van der Waals surface area contributed by atoms with Crippen LogP contribution < -0.4 is 11.1 Å². The molecule has 0 aromatic rings. The molecule has 4 N–H and O–H groups in total. The van der Waals surface area contributed by atoms with Gasteiger partial charge in [-0.3, -0.25) is 4.79 Å². The Kier molecular flexibility index (Phi) is 10.1. The molecule has 5 heteroatoms. The molecule has 0 aromatic heterocycles. The van der Waals surface area contributed by atoms with E-state index in [-0.39, 0.29) is 5.91 Å². The first kappa shape index (κ1) is 16.4. The van der Waals surface area contributed by atoms with E-state index in [1.807, 2.05) is 0 Å². The SMILES string of the molecule is CC(C)COCC(O)CNCCCCC(N)=O. The fourth-order valence-corrected chi connectivity index (χ4v) is 1.32. The van der Waals surface area contributed by atoms with E-state index in [1.165, 1.54) is 0 Å². The maximum absolute atomic E-state index is 10.5. The summed E-state index contributed by atoms with van der Waals surface area (Å²) in [5.74, 6) is 0.232. The summed E-state index contributed by atoms with van der Waals surface area (Å²) in [6, 6.07) is 0. The van der Waals surface area contributed by atoms with Crippen LogP contribution >= 0.6 is 0 Å². The fraction of sp³-hybridized carbons (Fsp3) is 0.917. The average Bonchev–Trinajstić information content (AvgIpc) is 2.22. The van der Waals surface area contributed by atoms with Crippen LogP contribution in [0, 0.1) is 5.92 Å². The van der Waals surface area contributed by atoms with E-state index in [0.717, 1.165) is 19.4 Å². The van der Waals surface area contributed by atoms with E-state index in [4.69, 9.17) is 10.5 Å². The number of primary amides is 1. The molecule has 17 heavy (non-hydrogen) atoms. The molecule has 0 fully saturated rings. The minimum absolute atomic E-state index is 0.257. The first-order chi connectivity index (χ1) is 8.02. The number of aliphatic hydroxyl groups excluding tert-OH is 1. The van der Waals surface area contributed by atoms with Crippen LogP contribution in [0.2, 0.25) is 0 Å². The molecule has 102 valence electrons. The van der Waals surface area contributed by atoms with Crippen LogP contribution in [0.5, 0.6) is 0 Å². The maximum atomic E-state index is 10.5. The summed E-state index contributed by atoms with van der Waals surface area (Å²) < 4.78 is 5.32. The van der Waals surface area contributed by atoms with Crippen molar-refractivity contribution in [3.05, 3.63) is 0 Å². The number of carbonyl (C=O) groups excluding carboxylic acids is 1. The van der Waals surface area contributed by atoms with Crippen molar-refractivity contribution < 1.29 is 14.6 Å². The largest absolute Gasteiger partial charge is 0.389 e. The lowest BCUT2D eigenvalue weighted by Crippen LogP contribution is -2.31. The van der Waals surface area contributed by atoms with Crippen molar-refractivity contribution in [3.8, 4) is 0 Å². The molecular formula is C12H26N2O3. The Bertz CT molecular complexity index is 198. The van der Waals surface area contributed by atoms with Gasteiger partial charge in [0.15, 0.2) is 0 Å². The number of nitrogens with two attached hydrogens (primary N) is 1. The van der Waals surface area contributed by atoms with Crippen molar-refractivity contribution in [2.75, 3.05) is 26.3 Å². The summed E-state index contributed by atoms with van der Waals surface area (Å²) in [6.45, 7) is 6.50. The first-order valence-corrected chi connectivity index (χ1v) is 6.27. The normalized spacial score (nSPS) is 12.9. The summed E-state index contributed by atoms with van der Waals surface area (Å²) in [6.07, 6.45) is 1.65. The maximum Gasteiger partial charge on any atom is 0.217 e. The number of aliphatic hydroxyl groups is 1. The molecule has 5 nitrogen and oxygen atoms in total. The van der Waals surface area contributed by atoms with Crippen LogP contribution in [0.15, 0.2) is 0 Å². The molecule has 0 saturated carbocycles. The van der Waals surface area contributed by atoms with Crippen LogP contribution in [0.4, 0.5) is 0 Å². The van der Waals surface area contributed by atoms with Gasteiger partial charge in [-0.1, -0.05) is 13.8 Å². The predicted molar refractivity (Wildman–Crippen MR) is 67.6 cm³/mol. The molecule has 0 rings (SSSR count). The molecular weight excluding hydrogens is 220 g/mol. The van der Waals surface area contributed by atoms with Crippen molar-refractivity contribution in [1.29, 1.82) is 0 Å². The Morgan fingerprint density at radius 3 is 2.65 bits per heavy atom. The lowest BCUT2D eigenvalue weighted by Gasteiger charge is -2.13. The van der Waals surface area contributed by atoms with Crippen molar-refractivity contribution in [2.24, 2.45) is 11.7 Å². The Balaban J connectivity index is 3.21. The Morgan fingerprint density at radius 1 is 1.35 bits per heavy atom. The lowest BCUT2D eigenvalue weighted by molar-refractivity contribution is -0.118. The molecule has 0 aromatic carbocycles. The number of carbonyl (C=O) groups is 1. The molecule has 0 heterocycles. The topological polar surface area (TPSA) is 84.6 Å². The van der Waals surface area contributed by atoms with Crippen molar-refractivity contribution in [2.45, 2.75) is 39.2 Å². The number of ether oxygens (including phenoxy) is 1. The highest BCUT2D eigenvalue weighted by Gasteiger charge is 2.04. The number of rotatable bonds is 11. The number of unbranched alkanes of at least 4 members (excludes halogenated alkanes) is 1. The van der Waals surface area contributed by atoms with Gasteiger partial charge in [-0.25, -0.2) is 0 Å². The molecule has 0 radical (unpaired) electrons. The minimum atomic E-state index is -0.468. The van der Waals surface area contributed by atoms with Gasteiger partial charge in [0.05, 0.1) is 12.7 Å². The van der Waals surface area contributed by atoms with Crippen molar-refractivity contribution in [3.63, 3.8) is 0 Å². The summed E-state index contributed by atoms with van der Waals surface area (Å²) >= 11 is 0. The van der Waals surface area contributed by atoms with Crippen LogP contribution in [0.25, 0.3) is 0 Å². The summed E-state index contributed by atoms with van der Waals surface area (Å²) in [5, 5.41) is 12.7. The van der Waals surface area contributed by atoms with Gasteiger partial charge in [0.2, 0.25) is 5.91 Å².